The minimum atomic E-state index is -0.461. The molecule has 0 saturated heterocycles. The molecule has 0 spiro atoms. The van der Waals surface area contributed by atoms with Gasteiger partial charge in [-0.25, -0.2) is 5.43 Å². The Kier molecular flexibility index (Phi) is 8.72. The Morgan fingerprint density at radius 3 is 2.09 bits per heavy atom. The Balaban J connectivity index is 1.67. The molecule has 0 aliphatic heterocycles. The van der Waals surface area contributed by atoms with E-state index in [2.05, 4.69) is 47.7 Å². The van der Waals surface area contributed by atoms with E-state index in [1.54, 1.807) is 36.4 Å². The van der Waals surface area contributed by atoms with Crippen LogP contribution in [-0.4, -0.2) is 44.5 Å². The fraction of sp³-hybridized carbons (Fsp3) is 0.125. The van der Waals surface area contributed by atoms with Gasteiger partial charge in [0.2, 0.25) is 5.75 Å². The number of anilines is 1. The molecule has 2 amide bonds. The fourth-order valence-corrected chi connectivity index (χ4v) is 4.29. The molecule has 182 valence electrons. The summed E-state index contributed by atoms with van der Waals surface area (Å²) in [4.78, 5) is 25.1. The minimum absolute atomic E-state index is 0.00149. The van der Waals surface area contributed by atoms with Gasteiger partial charge in [-0.3, -0.25) is 9.59 Å². The normalized spacial score (nSPS) is 10.7. The number of nitrogens with zero attached hydrogens (tertiary/aromatic N) is 1. The lowest BCUT2D eigenvalue weighted by atomic mass is 10.1. The van der Waals surface area contributed by atoms with E-state index in [1.807, 2.05) is 0 Å². The van der Waals surface area contributed by atoms with Gasteiger partial charge in [-0.15, -0.1) is 0 Å². The van der Waals surface area contributed by atoms with Crippen LogP contribution in [0.5, 0.6) is 23.0 Å². The van der Waals surface area contributed by atoms with Gasteiger partial charge in [0.1, 0.15) is 5.75 Å². The molecule has 3 aromatic rings. The zero-order valence-corrected chi connectivity index (χ0v) is 22.1. The number of phenolic OH excluding ortho intramolecular Hbond substituents is 1. The second-order valence-corrected chi connectivity index (χ2v) is 8.74. The number of aromatic hydroxyl groups is 1. The molecule has 0 radical (unpaired) electrons. The number of benzene rings is 3. The highest BCUT2D eigenvalue weighted by molar-refractivity contribution is 9.11. The van der Waals surface area contributed by atoms with E-state index in [1.165, 1.54) is 39.7 Å². The summed E-state index contributed by atoms with van der Waals surface area (Å²) >= 11 is 6.56. The summed E-state index contributed by atoms with van der Waals surface area (Å²) in [5, 5.41) is 16.7. The molecule has 9 nitrogen and oxygen atoms in total. The summed E-state index contributed by atoms with van der Waals surface area (Å²) in [7, 11) is 4.41. The average Bonchev–Trinajstić information content (AvgIpc) is 2.86. The van der Waals surface area contributed by atoms with Gasteiger partial charge >= 0.3 is 0 Å². The number of amides is 2. The zero-order valence-electron chi connectivity index (χ0n) is 18.9. The van der Waals surface area contributed by atoms with E-state index in [0.29, 0.717) is 44.1 Å². The predicted octanol–water partition coefficient (Wildman–Crippen LogP) is 4.96. The highest BCUT2D eigenvalue weighted by atomic mass is 79.9. The third-order valence-electron chi connectivity index (χ3n) is 4.76. The molecule has 0 unspecified atom stereocenters. The summed E-state index contributed by atoms with van der Waals surface area (Å²) in [5.74, 6) is 0.232. The molecular formula is C24H21Br2N3O6. The van der Waals surface area contributed by atoms with Crippen molar-refractivity contribution in [1.29, 1.82) is 0 Å². The molecule has 0 aliphatic rings. The number of rotatable bonds is 8. The second-order valence-electron chi connectivity index (χ2n) is 6.97. The van der Waals surface area contributed by atoms with Gasteiger partial charge in [0, 0.05) is 26.9 Å². The molecule has 0 aromatic heterocycles. The maximum atomic E-state index is 12.7. The highest BCUT2D eigenvalue weighted by Gasteiger charge is 2.17. The van der Waals surface area contributed by atoms with Crippen molar-refractivity contribution in [3.8, 4) is 23.0 Å². The fourth-order valence-electron chi connectivity index (χ4n) is 3.03. The lowest BCUT2D eigenvalue weighted by molar-refractivity contribution is 0.0954. The van der Waals surface area contributed by atoms with Crippen LogP contribution in [-0.2, 0) is 0 Å². The molecular weight excluding hydrogens is 586 g/mol. The lowest BCUT2D eigenvalue weighted by Gasteiger charge is -2.14. The van der Waals surface area contributed by atoms with Gasteiger partial charge in [-0.2, -0.15) is 5.10 Å². The first-order valence-corrected chi connectivity index (χ1v) is 11.6. The number of ether oxygens (including phenoxy) is 3. The van der Waals surface area contributed by atoms with Crippen molar-refractivity contribution >= 4 is 55.6 Å². The second kappa shape index (κ2) is 11.7. The molecule has 3 rings (SSSR count). The van der Waals surface area contributed by atoms with Crippen LogP contribution in [0.4, 0.5) is 5.69 Å². The Labute approximate surface area is 218 Å². The van der Waals surface area contributed by atoms with E-state index in [4.69, 9.17) is 14.2 Å². The molecule has 3 N–H and O–H groups in total. The maximum Gasteiger partial charge on any atom is 0.271 e. The minimum Gasteiger partial charge on any atom is -0.506 e. The quantitative estimate of drug-likeness (QED) is 0.246. The summed E-state index contributed by atoms with van der Waals surface area (Å²) in [6.07, 6.45) is 1.33. The first-order chi connectivity index (χ1) is 16.8. The van der Waals surface area contributed by atoms with Crippen molar-refractivity contribution in [3.63, 3.8) is 0 Å². The van der Waals surface area contributed by atoms with Crippen LogP contribution in [0.25, 0.3) is 0 Å². The summed E-state index contributed by atoms with van der Waals surface area (Å²) in [5.41, 5.74) is 3.92. The van der Waals surface area contributed by atoms with E-state index in [9.17, 15) is 14.7 Å². The van der Waals surface area contributed by atoms with Crippen LogP contribution in [0.3, 0.4) is 0 Å². The summed E-state index contributed by atoms with van der Waals surface area (Å²) in [6.45, 7) is 0. The lowest BCUT2D eigenvalue weighted by Crippen LogP contribution is -2.18. The molecule has 0 saturated carbocycles. The van der Waals surface area contributed by atoms with Gasteiger partial charge in [-0.05, 0) is 64.5 Å². The smallest absolute Gasteiger partial charge is 0.271 e. The molecule has 0 aliphatic carbocycles. The number of hydrazone groups is 1. The number of hydrogen-bond donors (Lipinski definition) is 3. The van der Waals surface area contributed by atoms with E-state index in [0.717, 1.165) is 4.47 Å². The van der Waals surface area contributed by atoms with Crippen LogP contribution in [0.2, 0.25) is 0 Å². The van der Waals surface area contributed by atoms with Crippen LogP contribution in [0.15, 0.2) is 62.6 Å². The number of halogens is 2. The van der Waals surface area contributed by atoms with Crippen LogP contribution in [0, 0.1) is 0 Å². The Bertz CT molecular complexity index is 1250. The number of methoxy groups -OCH3 is 3. The zero-order chi connectivity index (χ0) is 25.5. The first kappa shape index (κ1) is 26.0. The number of hydrogen-bond acceptors (Lipinski definition) is 7. The van der Waals surface area contributed by atoms with Gasteiger partial charge in [-0.1, -0.05) is 15.9 Å². The largest absolute Gasteiger partial charge is 0.506 e. The van der Waals surface area contributed by atoms with Crippen molar-refractivity contribution in [3.05, 3.63) is 74.2 Å². The highest BCUT2D eigenvalue weighted by Crippen LogP contribution is 2.38. The first-order valence-electron chi connectivity index (χ1n) is 10.00. The van der Waals surface area contributed by atoms with Gasteiger partial charge in [0.15, 0.2) is 11.5 Å². The Morgan fingerprint density at radius 2 is 1.51 bits per heavy atom. The molecule has 0 atom stereocenters. The topological polar surface area (TPSA) is 118 Å². The number of carbonyl (C=O) groups is 2. The van der Waals surface area contributed by atoms with Crippen LogP contribution in [0.1, 0.15) is 26.3 Å². The van der Waals surface area contributed by atoms with Crippen molar-refractivity contribution < 1.29 is 28.9 Å². The Morgan fingerprint density at radius 1 is 0.886 bits per heavy atom. The average molecular weight is 607 g/mol. The number of phenols is 1. The molecule has 0 heterocycles. The third kappa shape index (κ3) is 6.31. The molecule has 3 aromatic carbocycles. The monoisotopic (exact) mass is 605 g/mol. The SMILES string of the molecule is COc1cc(C(=O)Nc2ccc(C(=O)N/N=C\c3cc(Br)cc(Br)c3O)cc2)cc(OC)c1OC. The number of nitrogens with one attached hydrogen (secondary N) is 2. The van der Waals surface area contributed by atoms with Crippen molar-refractivity contribution in [2.45, 2.75) is 0 Å². The summed E-state index contributed by atoms with van der Waals surface area (Å²) < 4.78 is 17.1. The van der Waals surface area contributed by atoms with Crippen molar-refractivity contribution in [1.82, 2.24) is 5.43 Å². The van der Waals surface area contributed by atoms with Gasteiger partial charge < -0.3 is 24.6 Å². The third-order valence-corrected chi connectivity index (χ3v) is 5.82. The standard InChI is InChI=1S/C24H21Br2N3O6/c1-33-19-9-14(10-20(34-2)22(19)35-3)23(31)28-17-6-4-13(5-7-17)24(32)29-27-12-15-8-16(25)11-18(26)21(15)30/h4-12,30H,1-3H3,(H,28,31)(H,29,32)/b27-12-. The predicted molar refractivity (Wildman–Crippen MR) is 139 cm³/mol. The van der Waals surface area contributed by atoms with E-state index in [-0.39, 0.29) is 5.75 Å². The van der Waals surface area contributed by atoms with Gasteiger partial charge in [0.25, 0.3) is 11.8 Å². The summed E-state index contributed by atoms with van der Waals surface area (Å²) in [6, 6.07) is 12.7. The van der Waals surface area contributed by atoms with Crippen LogP contribution < -0.4 is 25.0 Å². The molecule has 11 heteroatoms. The molecule has 0 bridgehead atoms. The molecule has 0 fully saturated rings. The maximum absolute atomic E-state index is 12.7. The van der Waals surface area contributed by atoms with E-state index < -0.39 is 11.8 Å². The molecule has 35 heavy (non-hydrogen) atoms. The van der Waals surface area contributed by atoms with E-state index >= 15 is 0 Å². The van der Waals surface area contributed by atoms with Crippen molar-refractivity contribution in [2.75, 3.05) is 26.6 Å². The van der Waals surface area contributed by atoms with Crippen molar-refractivity contribution in [2.24, 2.45) is 5.10 Å². The Hall–Kier alpha value is -3.57. The van der Waals surface area contributed by atoms with Crippen LogP contribution >= 0.6 is 31.9 Å². The van der Waals surface area contributed by atoms with Gasteiger partial charge in [0.05, 0.1) is 32.0 Å². The number of carbonyl (C=O) groups excluding carboxylic acids is 2.